The number of hydrogen-bond acceptors (Lipinski definition) is 5. The van der Waals surface area contributed by atoms with Crippen LogP contribution in [0.3, 0.4) is 0 Å². The van der Waals surface area contributed by atoms with E-state index < -0.39 is 23.7 Å². The number of aliphatic hydroxyl groups is 1. The summed E-state index contributed by atoms with van der Waals surface area (Å²) in [5, 5.41) is 9.95. The second-order valence-corrected chi connectivity index (χ2v) is 4.54. The molecule has 19 heavy (non-hydrogen) atoms. The number of aliphatic hydroxyl groups excluding tert-OH is 1. The van der Waals surface area contributed by atoms with Gasteiger partial charge in [-0.2, -0.15) is 0 Å². The second-order valence-electron chi connectivity index (χ2n) is 4.54. The molecule has 0 saturated heterocycles. The first-order valence-electron chi connectivity index (χ1n) is 6.10. The number of benzene rings is 1. The van der Waals surface area contributed by atoms with E-state index in [1.54, 1.807) is 6.92 Å². The SMILES string of the molecule is COC(=O)C1(C(C)O)N=C(c2ccccc2)OC1C. The molecule has 0 amide bonds. The molecule has 1 aliphatic rings. The molecule has 1 aromatic carbocycles. The number of nitrogens with zero attached hydrogens (tertiary/aromatic N) is 1. The first-order chi connectivity index (χ1) is 9.02. The summed E-state index contributed by atoms with van der Waals surface area (Å²) in [6.07, 6.45) is -1.59. The number of hydrogen-bond donors (Lipinski definition) is 1. The van der Waals surface area contributed by atoms with Crippen LogP contribution in [0.15, 0.2) is 35.3 Å². The average molecular weight is 263 g/mol. The molecule has 1 N–H and O–H groups in total. The van der Waals surface area contributed by atoms with Crippen molar-refractivity contribution in [3.8, 4) is 0 Å². The Morgan fingerprint density at radius 1 is 1.47 bits per heavy atom. The zero-order valence-electron chi connectivity index (χ0n) is 11.2. The number of rotatable bonds is 3. The third-order valence-corrected chi connectivity index (χ3v) is 3.36. The Kier molecular flexibility index (Phi) is 3.57. The molecule has 0 aromatic heterocycles. The number of aliphatic imine (C=N–C) groups is 1. The van der Waals surface area contributed by atoms with E-state index in [1.165, 1.54) is 14.0 Å². The molecule has 1 heterocycles. The highest BCUT2D eigenvalue weighted by molar-refractivity contribution is 5.99. The predicted octanol–water partition coefficient (Wildman–Crippen LogP) is 1.14. The lowest BCUT2D eigenvalue weighted by Gasteiger charge is -2.28. The fourth-order valence-corrected chi connectivity index (χ4v) is 2.23. The Morgan fingerprint density at radius 3 is 2.63 bits per heavy atom. The maximum absolute atomic E-state index is 12.0. The molecule has 0 aliphatic carbocycles. The lowest BCUT2D eigenvalue weighted by molar-refractivity contribution is -0.154. The summed E-state index contributed by atoms with van der Waals surface area (Å²) < 4.78 is 10.4. The second kappa shape index (κ2) is 5.01. The number of ether oxygens (including phenoxy) is 2. The topological polar surface area (TPSA) is 68.1 Å². The van der Waals surface area contributed by atoms with E-state index >= 15 is 0 Å². The van der Waals surface area contributed by atoms with Gasteiger partial charge in [-0.3, -0.25) is 0 Å². The zero-order valence-corrected chi connectivity index (χ0v) is 11.2. The van der Waals surface area contributed by atoms with Gasteiger partial charge in [0.1, 0.15) is 6.10 Å². The van der Waals surface area contributed by atoms with Crippen LogP contribution >= 0.6 is 0 Å². The summed E-state index contributed by atoms with van der Waals surface area (Å²) in [7, 11) is 1.27. The molecule has 0 bridgehead atoms. The Hall–Kier alpha value is -1.88. The minimum Gasteiger partial charge on any atom is -0.471 e. The van der Waals surface area contributed by atoms with Crippen LogP contribution in [-0.4, -0.2) is 41.8 Å². The molecule has 1 aliphatic heterocycles. The standard InChI is InChI=1S/C14H17NO4/c1-9(16)14(13(17)18-3)10(2)19-12(15-14)11-7-5-4-6-8-11/h4-10,16H,1-3H3. The lowest BCUT2D eigenvalue weighted by Crippen LogP contribution is -2.53. The van der Waals surface area contributed by atoms with Crippen molar-refractivity contribution >= 4 is 11.9 Å². The van der Waals surface area contributed by atoms with Gasteiger partial charge in [0, 0.05) is 5.56 Å². The van der Waals surface area contributed by atoms with Crippen molar-refractivity contribution in [3.63, 3.8) is 0 Å². The summed E-state index contributed by atoms with van der Waals surface area (Å²) in [6, 6.07) is 9.26. The van der Waals surface area contributed by atoms with E-state index in [-0.39, 0.29) is 0 Å². The van der Waals surface area contributed by atoms with E-state index in [1.807, 2.05) is 30.3 Å². The van der Waals surface area contributed by atoms with Crippen LogP contribution in [0.25, 0.3) is 0 Å². The van der Waals surface area contributed by atoms with E-state index in [0.29, 0.717) is 5.90 Å². The van der Waals surface area contributed by atoms with Crippen LogP contribution in [0, 0.1) is 0 Å². The molecule has 3 atom stereocenters. The van der Waals surface area contributed by atoms with Crippen molar-refractivity contribution in [2.45, 2.75) is 31.6 Å². The lowest BCUT2D eigenvalue weighted by atomic mass is 9.89. The monoisotopic (exact) mass is 263 g/mol. The van der Waals surface area contributed by atoms with Gasteiger partial charge in [0.2, 0.25) is 11.4 Å². The van der Waals surface area contributed by atoms with Crippen LogP contribution < -0.4 is 0 Å². The van der Waals surface area contributed by atoms with Crippen molar-refractivity contribution < 1.29 is 19.4 Å². The maximum atomic E-state index is 12.0. The Bertz CT molecular complexity index is 497. The molecular weight excluding hydrogens is 246 g/mol. The summed E-state index contributed by atoms with van der Waals surface area (Å²) >= 11 is 0. The number of esters is 1. The van der Waals surface area contributed by atoms with Crippen LogP contribution in [0.5, 0.6) is 0 Å². The van der Waals surface area contributed by atoms with Crippen molar-refractivity contribution in [1.29, 1.82) is 0 Å². The Labute approximate surface area is 111 Å². The maximum Gasteiger partial charge on any atom is 0.340 e. The highest BCUT2D eigenvalue weighted by atomic mass is 16.5. The van der Waals surface area contributed by atoms with Crippen LogP contribution in [0.4, 0.5) is 0 Å². The largest absolute Gasteiger partial charge is 0.471 e. The number of carbonyl (C=O) groups excluding carboxylic acids is 1. The fourth-order valence-electron chi connectivity index (χ4n) is 2.23. The normalized spacial score (nSPS) is 27.4. The van der Waals surface area contributed by atoms with Gasteiger partial charge in [-0.1, -0.05) is 18.2 Å². The third-order valence-electron chi connectivity index (χ3n) is 3.36. The summed E-state index contributed by atoms with van der Waals surface area (Å²) in [4.78, 5) is 16.3. The van der Waals surface area contributed by atoms with Gasteiger partial charge < -0.3 is 14.6 Å². The van der Waals surface area contributed by atoms with Crippen LogP contribution in [-0.2, 0) is 14.3 Å². The quantitative estimate of drug-likeness (QED) is 0.830. The van der Waals surface area contributed by atoms with Gasteiger partial charge in [-0.05, 0) is 26.0 Å². The summed E-state index contributed by atoms with van der Waals surface area (Å²) in [6.45, 7) is 3.21. The van der Waals surface area contributed by atoms with Gasteiger partial charge in [-0.15, -0.1) is 0 Å². The Morgan fingerprint density at radius 2 is 2.11 bits per heavy atom. The molecule has 0 spiro atoms. The first-order valence-corrected chi connectivity index (χ1v) is 6.10. The van der Waals surface area contributed by atoms with Gasteiger partial charge in [0.15, 0.2) is 0 Å². The van der Waals surface area contributed by atoms with E-state index in [2.05, 4.69) is 4.99 Å². The minimum atomic E-state index is -1.40. The number of methoxy groups -OCH3 is 1. The molecule has 0 fully saturated rings. The zero-order chi connectivity index (χ0) is 14.0. The van der Waals surface area contributed by atoms with Crippen LogP contribution in [0.1, 0.15) is 19.4 Å². The van der Waals surface area contributed by atoms with Crippen molar-refractivity contribution in [1.82, 2.24) is 0 Å². The highest BCUT2D eigenvalue weighted by Crippen LogP contribution is 2.32. The van der Waals surface area contributed by atoms with Gasteiger partial charge in [0.25, 0.3) is 0 Å². The molecule has 0 radical (unpaired) electrons. The molecule has 1 aromatic rings. The predicted molar refractivity (Wildman–Crippen MR) is 70.0 cm³/mol. The molecule has 5 heteroatoms. The molecule has 0 saturated carbocycles. The molecule has 5 nitrogen and oxygen atoms in total. The van der Waals surface area contributed by atoms with Crippen LogP contribution in [0.2, 0.25) is 0 Å². The molecular formula is C14H17NO4. The third kappa shape index (κ3) is 2.10. The summed E-state index contributed by atoms with van der Waals surface area (Å²) in [5.74, 6) is -0.250. The van der Waals surface area contributed by atoms with Gasteiger partial charge in [0.05, 0.1) is 13.2 Å². The summed E-state index contributed by atoms with van der Waals surface area (Å²) in [5.41, 5.74) is -0.638. The van der Waals surface area contributed by atoms with E-state index in [4.69, 9.17) is 9.47 Å². The number of carbonyl (C=O) groups is 1. The van der Waals surface area contributed by atoms with Gasteiger partial charge in [-0.25, -0.2) is 9.79 Å². The van der Waals surface area contributed by atoms with Crippen molar-refractivity contribution in [2.75, 3.05) is 7.11 Å². The smallest absolute Gasteiger partial charge is 0.340 e. The first kappa shape index (κ1) is 13.5. The van der Waals surface area contributed by atoms with E-state index in [9.17, 15) is 9.90 Å². The average Bonchev–Trinajstić information content (AvgIpc) is 2.78. The highest BCUT2D eigenvalue weighted by Gasteiger charge is 2.55. The molecule has 2 rings (SSSR count). The molecule has 3 unspecified atom stereocenters. The van der Waals surface area contributed by atoms with Crippen molar-refractivity contribution in [3.05, 3.63) is 35.9 Å². The van der Waals surface area contributed by atoms with Crippen molar-refractivity contribution in [2.24, 2.45) is 4.99 Å². The van der Waals surface area contributed by atoms with E-state index in [0.717, 1.165) is 5.56 Å². The van der Waals surface area contributed by atoms with Gasteiger partial charge >= 0.3 is 5.97 Å². The molecule has 102 valence electrons. The fraction of sp³-hybridized carbons (Fsp3) is 0.429. The minimum absolute atomic E-state index is 0.347. The Balaban J connectivity index is 2.46.